The molecule has 1 fully saturated rings. The van der Waals surface area contributed by atoms with Crippen molar-refractivity contribution in [1.82, 2.24) is 4.90 Å². The number of imide groups is 1. The van der Waals surface area contributed by atoms with Crippen molar-refractivity contribution in [1.29, 1.82) is 0 Å². The van der Waals surface area contributed by atoms with Crippen molar-refractivity contribution >= 4 is 17.8 Å². The van der Waals surface area contributed by atoms with Gasteiger partial charge in [0.25, 0.3) is 0 Å². The van der Waals surface area contributed by atoms with Crippen LogP contribution in [0.1, 0.15) is 49.1 Å². The predicted molar refractivity (Wildman–Crippen MR) is 73.5 cm³/mol. The Balaban J connectivity index is 2.24. The van der Waals surface area contributed by atoms with Crippen LogP contribution in [0, 0.1) is 18.3 Å². The van der Waals surface area contributed by atoms with E-state index < -0.39 is 11.4 Å². The van der Waals surface area contributed by atoms with Crippen LogP contribution >= 0.6 is 0 Å². The lowest BCUT2D eigenvalue weighted by molar-refractivity contribution is -0.143. The summed E-state index contributed by atoms with van der Waals surface area (Å²) in [7, 11) is 0. The second kappa shape index (κ2) is 5.02. The molecule has 2 amide bonds. The summed E-state index contributed by atoms with van der Waals surface area (Å²) in [6.07, 6.45) is 0.176. The number of furan rings is 1. The number of rotatable bonds is 4. The molecule has 6 nitrogen and oxygen atoms in total. The Morgan fingerprint density at radius 2 is 2.10 bits per heavy atom. The van der Waals surface area contributed by atoms with E-state index in [0.717, 1.165) is 4.90 Å². The largest absolute Gasteiger partial charge is 0.478 e. The minimum atomic E-state index is -1.09. The van der Waals surface area contributed by atoms with E-state index in [0.29, 0.717) is 5.76 Å². The molecule has 1 aliphatic heterocycles. The lowest BCUT2D eigenvalue weighted by Gasteiger charge is -2.25. The Hall–Kier alpha value is -2.11. The van der Waals surface area contributed by atoms with Crippen molar-refractivity contribution < 1.29 is 23.9 Å². The van der Waals surface area contributed by atoms with Crippen molar-refractivity contribution in [2.24, 2.45) is 11.3 Å². The Bertz CT molecular complexity index is 616. The third-order valence-corrected chi connectivity index (χ3v) is 4.34. The van der Waals surface area contributed by atoms with Crippen LogP contribution in [0.15, 0.2) is 10.5 Å². The van der Waals surface area contributed by atoms with E-state index in [2.05, 4.69) is 0 Å². The molecule has 6 heteroatoms. The maximum absolute atomic E-state index is 12.5. The van der Waals surface area contributed by atoms with Crippen LogP contribution in [0.2, 0.25) is 0 Å². The summed E-state index contributed by atoms with van der Waals surface area (Å²) in [5, 5.41) is 8.99. The Morgan fingerprint density at radius 3 is 2.52 bits per heavy atom. The molecule has 1 unspecified atom stereocenters. The van der Waals surface area contributed by atoms with Crippen molar-refractivity contribution in [2.75, 3.05) is 0 Å². The highest BCUT2D eigenvalue weighted by Crippen LogP contribution is 2.39. The van der Waals surface area contributed by atoms with Gasteiger partial charge >= 0.3 is 5.97 Å². The number of hydrogen-bond donors (Lipinski definition) is 1. The zero-order chi connectivity index (χ0) is 15.9. The lowest BCUT2D eigenvalue weighted by Crippen LogP contribution is -2.36. The number of carboxylic acid groups (broad SMARTS) is 1. The summed E-state index contributed by atoms with van der Waals surface area (Å²) in [5.41, 5.74) is -0.648. The second-order valence-electron chi connectivity index (χ2n) is 6.02. The molecule has 1 N–H and O–H groups in total. The fourth-order valence-electron chi connectivity index (χ4n) is 2.51. The summed E-state index contributed by atoms with van der Waals surface area (Å²) in [6, 6.07) is 1.36. The molecule has 1 atom stereocenters. The third-order valence-electron chi connectivity index (χ3n) is 4.34. The van der Waals surface area contributed by atoms with Crippen molar-refractivity contribution in [3.63, 3.8) is 0 Å². The molecule has 2 heterocycles. The molecule has 0 radical (unpaired) electrons. The van der Waals surface area contributed by atoms with E-state index in [1.54, 1.807) is 13.8 Å². The first-order valence-corrected chi connectivity index (χ1v) is 6.84. The first kappa shape index (κ1) is 15.3. The lowest BCUT2D eigenvalue weighted by atomic mass is 9.78. The number of nitrogens with zero attached hydrogens (tertiary/aromatic N) is 1. The average molecular weight is 293 g/mol. The molecule has 0 aliphatic carbocycles. The number of likely N-dealkylation sites (tertiary alicyclic amines) is 1. The fourth-order valence-corrected chi connectivity index (χ4v) is 2.51. The second-order valence-corrected chi connectivity index (χ2v) is 6.02. The van der Waals surface area contributed by atoms with Gasteiger partial charge < -0.3 is 9.52 Å². The maximum atomic E-state index is 12.5. The maximum Gasteiger partial charge on any atom is 0.339 e. The van der Waals surface area contributed by atoms with E-state index in [1.807, 2.05) is 13.8 Å². The summed E-state index contributed by atoms with van der Waals surface area (Å²) < 4.78 is 5.34. The van der Waals surface area contributed by atoms with Gasteiger partial charge in [-0.25, -0.2) is 4.79 Å². The summed E-state index contributed by atoms with van der Waals surface area (Å²) >= 11 is 0. The van der Waals surface area contributed by atoms with Gasteiger partial charge in [0.2, 0.25) is 11.8 Å². The third kappa shape index (κ3) is 2.46. The quantitative estimate of drug-likeness (QED) is 0.860. The van der Waals surface area contributed by atoms with Gasteiger partial charge in [-0.05, 0) is 25.8 Å². The molecule has 114 valence electrons. The Morgan fingerprint density at radius 1 is 1.48 bits per heavy atom. The van der Waals surface area contributed by atoms with Crippen molar-refractivity contribution in [3.8, 4) is 0 Å². The molecule has 1 saturated heterocycles. The zero-order valence-electron chi connectivity index (χ0n) is 12.6. The van der Waals surface area contributed by atoms with E-state index in [1.165, 1.54) is 6.07 Å². The normalized spacial score (nSPS) is 22.4. The monoisotopic (exact) mass is 293 g/mol. The van der Waals surface area contributed by atoms with Crippen molar-refractivity contribution in [2.45, 2.75) is 40.7 Å². The van der Waals surface area contributed by atoms with Gasteiger partial charge in [0.05, 0.1) is 12.0 Å². The fraction of sp³-hybridized carbons (Fsp3) is 0.533. The number of hydrogen-bond acceptors (Lipinski definition) is 4. The number of aromatic carboxylic acids is 1. The topological polar surface area (TPSA) is 87.8 Å². The SMILES string of the molecule is Cc1oc(CN2C(=O)CC(C)(C(C)C)C2=O)cc1C(=O)O. The van der Waals surface area contributed by atoms with E-state index in [9.17, 15) is 14.4 Å². The minimum Gasteiger partial charge on any atom is -0.478 e. The smallest absolute Gasteiger partial charge is 0.339 e. The number of amides is 2. The molecule has 1 aromatic heterocycles. The minimum absolute atomic E-state index is 0.0197. The van der Waals surface area contributed by atoms with Crippen LogP contribution in [-0.2, 0) is 16.1 Å². The van der Waals surface area contributed by atoms with Gasteiger partial charge in [-0.3, -0.25) is 14.5 Å². The van der Waals surface area contributed by atoms with Crippen LogP contribution in [0.25, 0.3) is 0 Å². The first-order chi connectivity index (χ1) is 9.66. The van der Waals surface area contributed by atoms with E-state index in [-0.39, 0.29) is 42.0 Å². The van der Waals surface area contributed by atoms with Crippen molar-refractivity contribution in [3.05, 3.63) is 23.2 Å². The zero-order valence-corrected chi connectivity index (χ0v) is 12.6. The molecule has 0 bridgehead atoms. The molecule has 0 aromatic carbocycles. The Kier molecular flexibility index (Phi) is 3.65. The van der Waals surface area contributed by atoms with Gasteiger partial charge in [-0.15, -0.1) is 0 Å². The van der Waals surface area contributed by atoms with Gasteiger partial charge in [-0.2, -0.15) is 0 Å². The van der Waals surface area contributed by atoms with E-state index >= 15 is 0 Å². The molecule has 0 saturated carbocycles. The van der Waals surface area contributed by atoms with Gasteiger partial charge in [0.1, 0.15) is 17.1 Å². The number of aryl methyl sites for hydroxylation is 1. The summed E-state index contributed by atoms with van der Waals surface area (Å²) in [4.78, 5) is 36.7. The molecule has 2 rings (SSSR count). The highest BCUT2D eigenvalue weighted by molar-refractivity contribution is 6.05. The van der Waals surface area contributed by atoms with E-state index in [4.69, 9.17) is 9.52 Å². The number of carboxylic acids is 1. The van der Waals surface area contributed by atoms with Gasteiger partial charge in [0.15, 0.2) is 0 Å². The molecule has 0 spiro atoms. The van der Waals surface area contributed by atoms with Crippen LogP contribution in [0.4, 0.5) is 0 Å². The summed E-state index contributed by atoms with van der Waals surface area (Å²) in [6.45, 7) is 7.13. The molecule has 1 aliphatic rings. The van der Waals surface area contributed by atoms with Crippen LogP contribution in [0.3, 0.4) is 0 Å². The van der Waals surface area contributed by atoms with Crippen LogP contribution in [0.5, 0.6) is 0 Å². The predicted octanol–water partition coefficient (Wildman–Crippen LogP) is 2.21. The average Bonchev–Trinajstić information content (AvgIpc) is 2.84. The highest BCUT2D eigenvalue weighted by Gasteiger charge is 2.50. The number of carbonyl (C=O) groups excluding carboxylic acids is 2. The number of carbonyl (C=O) groups is 3. The molecule has 21 heavy (non-hydrogen) atoms. The Labute approximate surface area is 122 Å². The molecular weight excluding hydrogens is 274 g/mol. The molecular formula is C15H19NO5. The first-order valence-electron chi connectivity index (χ1n) is 6.84. The van der Waals surface area contributed by atoms with Crippen LogP contribution in [-0.4, -0.2) is 27.8 Å². The highest BCUT2D eigenvalue weighted by atomic mass is 16.4. The van der Waals surface area contributed by atoms with Crippen LogP contribution < -0.4 is 0 Å². The standard InChI is InChI=1S/C15H19NO5/c1-8(2)15(4)6-12(17)16(14(15)20)7-10-5-11(13(18)19)9(3)21-10/h5,8H,6-7H2,1-4H3,(H,18,19). The van der Waals surface area contributed by atoms with Gasteiger partial charge in [-0.1, -0.05) is 13.8 Å². The van der Waals surface area contributed by atoms with Gasteiger partial charge in [0, 0.05) is 6.42 Å². The summed E-state index contributed by atoms with van der Waals surface area (Å²) in [5.74, 6) is -0.946. The molecule has 1 aromatic rings.